The molecule has 0 N–H and O–H groups in total. The highest BCUT2D eigenvalue weighted by molar-refractivity contribution is 6.37. The van der Waals surface area contributed by atoms with Crippen LogP contribution >= 0.6 is 0 Å². The predicted octanol–water partition coefficient (Wildman–Crippen LogP) is 12.1. The summed E-state index contributed by atoms with van der Waals surface area (Å²) >= 11 is 0. The summed E-state index contributed by atoms with van der Waals surface area (Å²) in [5.74, 6) is -0.752. The highest BCUT2D eigenvalue weighted by Gasteiger charge is 2.41. The van der Waals surface area contributed by atoms with Crippen molar-refractivity contribution >= 4 is 39.3 Å². The number of nitrogens with zero attached hydrogens (tertiary/aromatic N) is 3. The van der Waals surface area contributed by atoms with Crippen LogP contribution < -0.4 is 4.90 Å². The fraction of sp³-hybridized carbons (Fsp3) is 0. The lowest BCUT2D eigenvalue weighted by Gasteiger charge is -2.24. The number of nitriles is 1. The first-order valence-corrected chi connectivity index (χ1v) is 18.5. The third-order valence-electron chi connectivity index (χ3n) is 10.8. The zero-order valence-electron chi connectivity index (χ0n) is 30.1. The first-order chi connectivity index (χ1) is 27.6. The normalized spacial score (nSPS) is 12.3. The number of anilines is 1. The number of imide groups is 1. The van der Waals surface area contributed by atoms with Crippen LogP contribution in [0.3, 0.4) is 0 Å². The van der Waals surface area contributed by atoms with E-state index >= 15 is 4.79 Å². The topological polar surface area (TPSA) is 66.1 Å². The Morgan fingerprint density at radius 1 is 0.411 bits per heavy atom. The van der Waals surface area contributed by atoms with Crippen LogP contribution in [0.2, 0.25) is 0 Å². The summed E-state index contributed by atoms with van der Waals surface area (Å²) < 4.78 is 2.09. The van der Waals surface area contributed by atoms with E-state index in [0.29, 0.717) is 28.1 Å². The van der Waals surface area contributed by atoms with E-state index in [-0.39, 0.29) is 11.8 Å². The van der Waals surface area contributed by atoms with Crippen LogP contribution in [-0.4, -0.2) is 16.4 Å². The Hall–Kier alpha value is -7.81. The molecule has 0 radical (unpaired) electrons. The van der Waals surface area contributed by atoms with E-state index in [0.717, 1.165) is 66.3 Å². The molecule has 0 aliphatic carbocycles. The second kappa shape index (κ2) is 13.2. The summed E-state index contributed by atoms with van der Waals surface area (Å²) in [4.78, 5) is 31.6. The number of para-hydroxylation sites is 1. The molecule has 56 heavy (non-hydrogen) atoms. The molecule has 9 aromatic rings. The van der Waals surface area contributed by atoms with Crippen molar-refractivity contribution in [3.63, 3.8) is 0 Å². The molecule has 0 atom stereocenters. The van der Waals surface area contributed by atoms with E-state index < -0.39 is 0 Å². The molecule has 1 aliphatic heterocycles. The average Bonchev–Trinajstić information content (AvgIpc) is 3.73. The zero-order chi connectivity index (χ0) is 37.8. The van der Waals surface area contributed by atoms with Crippen LogP contribution in [0.15, 0.2) is 188 Å². The molecule has 5 heteroatoms. The molecule has 0 fully saturated rings. The number of benzene rings is 8. The molecule has 8 aromatic carbocycles. The van der Waals surface area contributed by atoms with Crippen LogP contribution in [0, 0.1) is 11.3 Å². The number of rotatable bonds is 6. The number of carbonyl (C=O) groups is 2. The van der Waals surface area contributed by atoms with Gasteiger partial charge in [-0.25, -0.2) is 4.90 Å². The minimum Gasteiger partial charge on any atom is -0.308 e. The smallest absolute Gasteiger partial charge is 0.268 e. The molecule has 262 valence electrons. The van der Waals surface area contributed by atoms with Crippen molar-refractivity contribution in [1.29, 1.82) is 5.26 Å². The molecule has 0 saturated carbocycles. The molecule has 0 bridgehead atoms. The predicted molar refractivity (Wildman–Crippen MR) is 225 cm³/mol. The maximum atomic E-state index is 15.3. The van der Waals surface area contributed by atoms with Crippen molar-refractivity contribution in [2.45, 2.75) is 0 Å². The van der Waals surface area contributed by atoms with E-state index in [1.165, 1.54) is 4.90 Å². The Kier molecular flexibility index (Phi) is 7.76. The minimum absolute atomic E-state index is 0.350. The number of carbonyl (C=O) groups excluding carboxylic acids is 2. The van der Waals surface area contributed by atoms with Gasteiger partial charge in [0.25, 0.3) is 11.8 Å². The van der Waals surface area contributed by atoms with Gasteiger partial charge in [-0.3, -0.25) is 9.59 Å². The molecule has 5 nitrogen and oxygen atoms in total. The van der Waals surface area contributed by atoms with Crippen molar-refractivity contribution in [2.24, 2.45) is 0 Å². The van der Waals surface area contributed by atoms with E-state index in [1.54, 1.807) is 6.07 Å². The van der Waals surface area contributed by atoms with Gasteiger partial charge in [-0.2, -0.15) is 5.26 Å². The number of amides is 2. The van der Waals surface area contributed by atoms with Crippen molar-refractivity contribution in [1.82, 2.24) is 4.57 Å². The second-order valence-electron chi connectivity index (χ2n) is 13.9. The van der Waals surface area contributed by atoms with Gasteiger partial charge in [0.2, 0.25) is 0 Å². The van der Waals surface area contributed by atoms with Gasteiger partial charge in [0.1, 0.15) is 0 Å². The van der Waals surface area contributed by atoms with E-state index in [2.05, 4.69) is 47.0 Å². The summed E-state index contributed by atoms with van der Waals surface area (Å²) in [5.41, 5.74) is 11.4. The minimum atomic E-state index is -0.382. The Labute approximate surface area is 323 Å². The third-order valence-corrected chi connectivity index (χ3v) is 10.8. The van der Waals surface area contributed by atoms with Crippen LogP contribution in [0.25, 0.3) is 72.0 Å². The number of hydrogen-bond donors (Lipinski definition) is 0. The first-order valence-electron chi connectivity index (χ1n) is 18.5. The molecular formula is C51H31N3O2. The highest BCUT2D eigenvalue weighted by Crippen LogP contribution is 2.47. The first kappa shape index (κ1) is 32.8. The number of hydrogen-bond acceptors (Lipinski definition) is 3. The van der Waals surface area contributed by atoms with Crippen LogP contribution in [0.1, 0.15) is 26.3 Å². The fourth-order valence-corrected chi connectivity index (χ4v) is 8.24. The summed E-state index contributed by atoms with van der Waals surface area (Å²) in [6, 6.07) is 64.0. The van der Waals surface area contributed by atoms with E-state index in [4.69, 9.17) is 0 Å². The zero-order valence-corrected chi connectivity index (χ0v) is 30.1. The lowest BCUT2D eigenvalue weighted by molar-refractivity contribution is 0.0926. The van der Waals surface area contributed by atoms with Gasteiger partial charge in [-0.1, -0.05) is 140 Å². The largest absolute Gasteiger partial charge is 0.308 e. The van der Waals surface area contributed by atoms with Crippen molar-refractivity contribution in [3.05, 3.63) is 205 Å². The monoisotopic (exact) mass is 717 g/mol. The molecule has 10 rings (SSSR count). The highest BCUT2D eigenvalue weighted by atomic mass is 16.2. The Morgan fingerprint density at radius 3 is 1.66 bits per heavy atom. The van der Waals surface area contributed by atoms with Crippen LogP contribution in [0.4, 0.5) is 5.69 Å². The summed E-state index contributed by atoms with van der Waals surface area (Å²) in [7, 11) is 0. The van der Waals surface area contributed by atoms with Gasteiger partial charge in [-0.15, -0.1) is 0 Å². The summed E-state index contributed by atoms with van der Waals surface area (Å²) in [5, 5.41) is 11.8. The molecule has 2 heterocycles. The molecule has 2 amide bonds. The van der Waals surface area contributed by atoms with Gasteiger partial charge < -0.3 is 4.57 Å². The fourth-order valence-electron chi connectivity index (χ4n) is 8.24. The molecule has 1 aromatic heterocycles. The van der Waals surface area contributed by atoms with Gasteiger partial charge in [0.15, 0.2) is 0 Å². The Morgan fingerprint density at radius 2 is 0.982 bits per heavy atom. The Bertz CT molecular complexity index is 3010. The standard InChI is InChI=1S/C51H31N3O2/c52-32-37-21-10-11-22-39(37)36-27-28-46-44(29-36)40-23-12-13-25-45(40)53(46)47-26-14-24-41-48(47)51(56)54(50(41)55)49-42(34-17-6-2-7-18-34)30-38(33-15-4-1-5-16-33)31-43(49)35-19-8-3-9-20-35/h1-31H. The van der Waals surface area contributed by atoms with E-state index in [1.807, 2.05) is 146 Å². The maximum Gasteiger partial charge on any atom is 0.268 e. The lowest BCUT2D eigenvalue weighted by Crippen LogP contribution is -2.30. The maximum absolute atomic E-state index is 15.3. The van der Waals surface area contributed by atoms with Gasteiger partial charge >= 0.3 is 0 Å². The average molecular weight is 718 g/mol. The van der Waals surface area contributed by atoms with Crippen molar-refractivity contribution in [3.8, 4) is 56.3 Å². The number of aromatic nitrogens is 1. The summed E-state index contributed by atoms with van der Waals surface area (Å²) in [6.45, 7) is 0. The van der Waals surface area contributed by atoms with E-state index in [9.17, 15) is 10.1 Å². The van der Waals surface area contributed by atoms with Crippen LogP contribution in [-0.2, 0) is 0 Å². The molecule has 0 saturated heterocycles. The third kappa shape index (κ3) is 5.16. The number of fused-ring (bicyclic) bond motifs is 4. The van der Waals surface area contributed by atoms with Crippen LogP contribution in [0.5, 0.6) is 0 Å². The second-order valence-corrected chi connectivity index (χ2v) is 13.9. The van der Waals surface area contributed by atoms with Crippen molar-refractivity contribution < 1.29 is 9.59 Å². The van der Waals surface area contributed by atoms with Crippen molar-refractivity contribution in [2.75, 3.05) is 4.90 Å². The Balaban J connectivity index is 1.20. The van der Waals surface area contributed by atoms with Gasteiger partial charge in [-0.05, 0) is 81.9 Å². The van der Waals surface area contributed by atoms with Gasteiger partial charge in [0.05, 0.1) is 45.2 Å². The lowest BCUT2D eigenvalue weighted by atomic mass is 9.90. The molecule has 0 spiro atoms. The summed E-state index contributed by atoms with van der Waals surface area (Å²) in [6.07, 6.45) is 0. The molecule has 1 aliphatic rings. The molecule has 0 unspecified atom stereocenters. The SMILES string of the molecule is N#Cc1ccccc1-c1ccc2c(c1)c1ccccc1n2-c1cccc2c1C(=O)N(c1c(-c3ccccc3)cc(-c3ccccc3)cc1-c1ccccc1)C2=O. The quantitative estimate of drug-likeness (QED) is 0.161. The van der Waals surface area contributed by atoms with Gasteiger partial charge in [0, 0.05) is 21.9 Å². The molecular weight excluding hydrogens is 687 g/mol.